The van der Waals surface area contributed by atoms with E-state index in [1.165, 1.54) is 52.8 Å². The van der Waals surface area contributed by atoms with Crippen molar-refractivity contribution in [1.29, 1.82) is 0 Å². The van der Waals surface area contributed by atoms with Gasteiger partial charge in [-0.15, -0.1) is 11.3 Å². The van der Waals surface area contributed by atoms with Gasteiger partial charge in [-0.2, -0.15) is 5.10 Å². The summed E-state index contributed by atoms with van der Waals surface area (Å²) in [5.74, 6) is 1.87. The van der Waals surface area contributed by atoms with Crippen LogP contribution in [-0.2, 0) is 26.3 Å². The molecule has 2 aliphatic rings. The predicted molar refractivity (Wildman–Crippen MR) is 96.7 cm³/mol. The van der Waals surface area contributed by atoms with Gasteiger partial charge >= 0.3 is 0 Å². The molecule has 0 aromatic carbocycles. The molecule has 0 radical (unpaired) electrons. The van der Waals surface area contributed by atoms with E-state index in [1.807, 2.05) is 29.3 Å². The Hall–Kier alpha value is -1.95. The lowest BCUT2D eigenvalue weighted by atomic mass is 9.92. The van der Waals surface area contributed by atoms with Crippen molar-refractivity contribution in [3.05, 3.63) is 34.7 Å². The highest BCUT2D eigenvalue weighted by Crippen LogP contribution is 2.40. The van der Waals surface area contributed by atoms with Crippen molar-refractivity contribution >= 4 is 27.4 Å². The SMILES string of the molecule is Cn1cc(CC2CN(c3ncnc4sc5c(c34)CCCC5)C2)cn1. The standard InChI is InChI=1S/C18H21N5S/c1-22-8-12(7-21-22)6-13-9-23(10-13)17-16-14-4-2-3-5-15(14)24-18(16)20-11-19-17/h7-8,11,13H,2-6,9-10H2,1H3. The largest absolute Gasteiger partial charge is 0.355 e. The lowest BCUT2D eigenvalue weighted by Crippen LogP contribution is -2.48. The Bertz CT molecular complexity index is 890. The van der Waals surface area contributed by atoms with Crippen LogP contribution in [-0.4, -0.2) is 32.8 Å². The molecule has 3 aromatic heterocycles. The quantitative estimate of drug-likeness (QED) is 0.736. The van der Waals surface area contributed by atoms with E-state index in [2.05, 4.69) is 26.2 Å². The normalized spacial score (nSPS) is 18.0. The Morgan fingerprint density at radius 1 is 1.21 bits per heavy atom. The Labute approximate surface area is 145 Å². The highest BCUT2D eigenvalue weighted by Gasteiger charge is 2.31. The van der Waals surface area contributed by atoms with Crippen molar-refractivity contribution in [2.45, 2.75) is 32.1 Å². The zero-order chi connectivity index (χ0) is 16.1. The molecule has 24 heavy (non-hydrogen) atoms. The zero-order valence-electron chi connectivity index (χ0n) is 13.9. The van der Waals surface area contributed by atoms with Gasteiger partial charge in [-0.3, -0.25) is 4.68 Å². The van der Waals surface area contributed by atoms with Gasteiger partial charge in [-0.25, -0.2) is 9.97 Å². The first-order valence-electron chi connectivity index (χ1n) is 8.75. The van der Waals surface area contributed by atoms with E-state index < -0.39 is 0 Å². The molecule has 0 atom stereocenters. The first kappa shape index (κ1) is 14.4. The van der Waals surface area contributed by atoms with E-state index >= 15 is 0 Å². The first-order valence-corrected chi connectivity index (χ1v) is 9.57. The minimum Gasteiger partial charge on any atom is -0.355 e. The highest BCUT2D eigenvalue weighted by atomic mass is 32.1. The topological polar surface area (TPSA) is 46.8 Å². The van der Waals surface area contributed by atoms with E-state index in [-0.39, 0.29) is 0 Å². The third-order valence-electron chi connectivity index (χ3n) is 5.27. The maximum absolute atomic E-state index is 4.66. The van der Waals surface area contributed by atoms with Crippen molar-refractivity contribution in [2.24, 2.45) is 13.0 Å². The molecular weight excluding hydrogens is 318 g/mol. The van der Waals surface area contributed by atoms with Crippen LogP contribution in [0.25, 0.3) is 10.2 Å². The van der Waals surface area contributed by atoms with Crippen molar-refractivity contribution in [1.82, 2.24) is 19.7 Å². The van der Waals surface area contributed by atoms with Gasteiger partial charge in [0.15, 0.2) is 0 Å². The van der Waals surface area contributed by atoms with Crippen LogP contribution in [0, 0.1) is 5.92 Å². The van der Waals surface area contributed by atoms with Crippen LogP contribution in [0.3, 0.4) is 0 Å². The molecule has 124 valence electrons. The first-order chi connectivity index (χ1) is 11.8. The van der Waals surface area contributed by atoms with Crippen LogP contribution >= 0.6 is 11.3 Å². The Morgan fingerprint density at radius 3 is 2.92 bits per heavy atom. The molecule has 1 aliphatic carbocycles. The summed E-state index contributed by atoms with van der Waals surface area (Å²) in [4.78, 5) is 14.4. The minimum absolute atomic E-state index is 0.702. The maximum Gasteiger partial charge on any atom is 0.141 e. The lowest BCUT2D eigenvalue weighted by molar-refractivity contribution is 0.406. The maximum atomic E-state index is 4.66. The van der Waals surface area contributed by atoms with Gasteiger partial charge in [0.1, 0.15) is 17.0 Å². The van der Waals surface area contributed by atoms with Gasteiger partial charge in [0.2, 0.25) is 0 Å². The van der Waals surface area contributed by atoms with E-state index in [1.54, 1.807) is 11.2 Å². The Kier molecular flexibility index (Phi) is 3.33. The summed E-state index contributed by atoms with van der Waals surface area (Å²) in [7, 11) is 1.98. The van der Waals surface area contributed by atoms with Crippen LogP contribution in [0.4, 0.5) is 5.82 Å². The van der Waals surface area contributed by atoms with Crippen LogP contribution in [0.1, 0.15) is 28.8 Å². The monoisotopic (exact) mass is 339 g/mol. The molecule has 0 spiro atoms. The van der Waals surface area contributed by atoms with Crippen LogP contribution in [0.2, 0.25) is 0 Å². The van der Waals surface area contributed by atoms with Crippen LogP contribution in [0.5, 0.6) is 0 Å². The molecule has 3 aromatic rings. The number of nitrogens with zero attached hydrogens (tertiary/aromatic N) is 5. The average Bonchev–Trinajstić information content (AvgIpc) is 3.13. The van der Waals surface area contributed by atoms with Crippen molar-refractivity contribution in [3.63, 3.8) is 0 Å². The number of thiophene rings is 1. The molecule has 0 unspecified atom stereocenters. The zero-order valence-corrected chi connectivity index (χ0v) is 14.7. The molecule has 4 heterocycles. The molecule has 5 nitrogen and oxygen atoms in total. The van der Waals surface area contributed by atoms with Gasteiger partial charge in [-0.05, 0) is 49.1 Å². The molecule has 1 saturated heterocycles. The second kappa shape index (κ2) is 5.55. The van der Waals surface area contributed by atoms with Crippen LogP contribution < -0.4 is 4.90 Å². The van der Waals surface area contributed by atoms with Gasteiger partial charge in [0.25, 0.3) is 0 Å². The molecule has 6 heteroatoms. The average molecular weight is 339 g/mol. The highest BCUT2D eigenvalue weighted by molar-refractivity contribution is 7.19. The number of hydrogen-bond donors (Lipinski definition) is 0. The second-order valence-electron chi connectivity index (χ2n) is 7.09. The second-order valence-corrected chi connectivity index (χ2v) is 8.17. The minimum atomic E-state index is 0.702. The number of fused-ring (bicyclic) bond motifs is 3. The van der Waals surface area contributed by atoms with Gasteiger partial charge < -0.3 is 4.90 Å². The van der Waals surface area contributed by atoms with Crippen LogP contribution in [0.15, 0.2) is 18.7 Å². The number of rotatable bonds is 3. The fraction of sp³-hybridized carbons (Fsp3) is 0.500. The Morgan fingerprint density at radius 2 is 2.08 bits per heavy atom. The number of aryl methyl sites for hydroxylation is 3. The molecule has 1 aliphatic heterocycles. The summed E-state index contributed by atoms with van der Waals surface area (Å²) in [6, 6.07) is 0. The van der Waals surface area contributed by atoms with E-state index in [4.69, 9.17) is 0 Å². The molecule has 0 amide bonds. The van der Waals surface area contributed by atoms with Crippen molar-refractivity contribution in [2.75, 3.05) is 18.0 Å². The number of hydrogen-bond acceptors (Lipinski definition) is 5. The third-order valence-corrected chi connectivity index (χ3v) is 6.47. The van der Waals surface area contributed by atoms with Crippen molar-refractivity contribution in [3.8, 4) is 0 Å². The molecule has 1 fully saturated rings. The van der Waals surface area contributed by atoms with Crippen molar-refractivity contribution < 1.29 is 0 Å². The fourth-order valence-corrected chi connectivity index (χ4v) is 5.32. The predicted octanol–water partition coefficient (Wildman–Crippen LogP) is 2.98. The summed E-state index contributed by atoms with van der Waals surface area (Å²) in [6.07, 6.45) is 12.0. The lowest BCUT2D eigenvalue weighted by Gasteiger charge is -2.40. The summed E-state index contributed by atoms with van der Waals surface area (Å²) >= 11 is 1.88. The molecule has 0 bridgehead atoms. The van der Waals surface area contributed by atoms with Gasteiger partial charge in [-0.1, -0.05) is 0 Å². The summed E-state index contributed by atoms with van der Waals surface area (Å²) in [5, 5.41) is 5.62. The number of aromatic nitrogens is 4. The van der Waals surface area contributed by atoms with Gasteiger partial charge in [0, 0.05) is 31.2 Å². The molecule has 5 rings (SSSR count). The number of anilines is 1. The van der Waals surface area contributed by atoms with Gasteiger partial charge in [0.05, 0.1) is 11.6 Å². The van der Waals surface area contributed by atoms with E-state index in [0.29, 0.717) is 5.92 Å². The summed E-state index contributed by atoms with van der Waals surface area (Å²) in [5.41, 5.74) is 2.87. The van der Waals surface area contributed by atoms with E-state index in [0.717, 1.165) is 19.5 Å². The molecular formula is C18H21N5S. The molecule has 0 saturated carbocycles. The summed E-state index contributed by atoms with van der Waals surface area (Å²) < 4.78 is 1.89. The Balaban J connectivity index is 1.39. The van der Waals surface area contributed by atoms with E-state index in [9.17, 15) is 0 Å². The smallest absolute Gasteiger partial charge is 0.141 e. The fourth-order valence-electron chi connectivity index (χ4n) is 4.10. The molecule has 0 N–H and O–H groups in total. The third kappa shape index (κ3) is 2.32. The summed E-state index contributed by atoms with van der Waals surface area (Å²) in [6.45, 7) is 2.18.